The van der Waals surface area contributed by atoms with E-state index >= 15 is 0 Å². The summed E-state index contributed by atoms with van der Waals surface area (Å²) in [5.74, 6) is -0.00593. The lowest BCUT2D eigenvalue weighted by molar-refractivity contribution is 0.384. The van der Waals surface area contributed by atoms with E-state index < -0.39 is 0 Å². The molecule has 0 aliphatic rings. The Bertz CT molecular complexity index is 1060. The molecule has 0 fully saturated rings. The molecule has 0 aliphatic heterocycles. The zero-order chi connectivity index (χ0) is 18.6. The van der Waals surface area contributed by atoms with E-state index in [0.29, 0.717) is 18.4 Å². The summed E-state index contributed by atoms with van der Waals surface area (Å²) in [5.41, 5.74) is 4.83. The molecular formula is C22H20FN3O. The second-order valence-corrected chi connectivity index (χ2v) is 6.48. The van der Waals surface area contributed by atoms with E-state index in [9.17, 15) is 4.39 Å². The largest absolute Gasteiger partial charge is 0.494 e. The van der Waals surface area contributed by atoms with Crippen molar-refractivity contribution < 1.29 is 9.13 Å². The lowest BCUT2D eigenvalue weighted by Gasteiger charge is -2.07. The van der Waals surface area contributed by atoms with Gasteiger partial charge in [-0.2, -0.15) is 0 Å². The van der Waals surface area contributed by atoms with Gasteiger partial charge < -0.3 is 9.72 Å². The number of fused-ring (bicyclic) bond motifs is 1. The molecule has 0 aliphatic carbocycles. The Morgan fingerprint density at radius 2 is 1.93 bits per heavy atom. The second kappa shape index (κ2) is 7.58. The molecule has 3 aromatic heterocycles. The number of hydrogen-bond acceptors (Lipinski definition) is 3. The molecule has 1 N–H and O–H groups in total. The molecule has 1 aromatic carbocycles. The van der Waals surface area contributed by atoms with E-state index in [1.807, 2.05) is 30.6 Å². The molecular weight excluding hydrogens is 341 g/mol. The molecule has 3 heterocycles. The van der Waals surface area contributed by atoms with E-state index in [1.165, 1.54) is 12.7 Å². The van der Waals surface area contributed by atoms with Gasteiger partial charge in [0.2, 0.25) is 0 Å². The monoisotopic (exact) mass is 361 g/mol. The second-order valence-electron chi connectivity index (χ2n) is 6.48. The zero-order valence-corrected chi connectivity index (χ0v) is 15.1. The predicted octanol–water partition coefficient (Wildman–Crippen LogP) is 4.48. The molecule has 0 saturated carbocycles. The van der Waals surface area contributed by atoms with E-state index in [4.69, 9.17) is 4.74 Å². The molecule has 0 saturated heterocycles. The van der Waals surface area contributed by atoms with Crippen LogP contribution in [0.2, 0.25) is 0 Å². The van der Waals surface area contributed by atoms with Gasteiger partial charge in [0.25, 0.3) is 0 Å². The molecule has 0 atom stereocenters. The number of methoxy groups -OCH3 is 1. The van der Waals surface area contributed by atoms with Crippen molar-refractivity contribution >= 4 is 11.0 Å². The SMILES string of the molecule is COc1cccc(CCc2ccc(Cc3c[nH]c4ncccc34)cn2)c1F. The molecule has 0 bridgehead atoms. The van der Waals surface area contributed by atoms with Crippen LogP contribution in [0.1, 0.15) is 22.4 Å². The van der Waals surface area contributed by atoms with Crippen molar-refractivity contribution in [2.75, 3.05) is 7.11 Å². The van der Waals surface area contributed by atoms with Gasteiger partial charge in [0.15, 0.2) is 11.6 Å². The molecule has 0 unspecified atom stereocenters. The topological polar surface area (TPSA) is 50.8 Å². The Labute approximate surface area is 157 Å². The van der Waals surface area contributed by atoms with Crippen molar-refractivity contribution in [2.24, 2.45) is 0 Å². The average molecular weight is 361 g/mol. The number of nitrogens with zero attached hydrogens (tertiary/aromatic N) is 2. The van der Waals surface area contributed by atoms with Gasteiger partial charge >= 0.3 is 0 Å². The Kier molecular flexibility index (Phi) is 4.83. The first-order chi connectivity index (χ1) is 13.2. The fourth-order valence-electron chi connectivity index (χ4n) is 3.26. The number of benzene rings is 1. The highest BCUT2D eigenvalue weighted by atomic mass is 19.1. The van der Waals surface area contributed by atoms with E-state index in [-0.39, 0.29) is 11.6 Å². The van der Waals surface area contributed by atoms with Gasteiger partial charge in [-0.05, 0) is 53.8 Å². The lowest BCUT2D eigenvalue weighted by Crippen LogP contribution is -1.99. The van der Waals surface area contributed by atoms with Crippen molar-refractivity contribution in [3.05, 3.63) is 89.3 Å². The number of rotatable bonds is 6. The highest BCUT2D eigenvalue weighted by Gasteiger charge is 2.09. The summed E-state index contributed by atoms with van der Waals surface area (Å²) in [6.45, 7) is 0. The number of pyridine rings is 2. The van der Waals surface area contributed by atoms with Gasteiger partial charge in [0, 0.05) is 36.1 Å². The van der Waals surface area contributed by atoms with Crippen LogP contribution in [0.3, 0.4) is 0 Å². The van der Waals surface area contributed by atoms with Crippen LogP contribution in [0, 0.1) is 5.82 Å². The van der Waals surface area contributed by atoms with Crippen molar-refractivity contribution in [2.45, 2.75) is 19.3 Å². The smallest absolute Gasteiger partial charge is 0.168 e. The van der Waals surface area contributed by atoms with Crippen molar-refractivity contribution in [3.8, 4) is 5.75 Å². The Hall–Kier alpha value is -3.21. The third-order valence-electron chi connectivity index (χ3n) is 4.73. The fraction of sp³-hybridized carbons (Fsp3) is 0.182. The Morgan fingerprint density at radius 3 is 2.74 bits per heavy atom. The van der Waals surface area contributed by atoms with Crippen molar-refractivity contribution in [3.63, 3.8) is 0 Å². The first-order valence-electron chi connectivity index (χ1n) is 8.91. The number of nitrogens with one attached hydrogen (secondary N) is 1. The van der Waals surface area contributed by atoms with Crippen LogP contribution >= 0.6 is 0 Å². The number of H-pyrrole nitrogens is 1. The summed E-state index contributed by atoms with van der Waals surface area (Å²) in [6.07, 6.45) is 7.74. The third-order valence-corrected chi connectivity index (χ3v) is 4.73. The van der Waals surface area contributed by atoms with Crippen LogP contribution in [0.5, 0.6) is 5.75 Å². The standard InChI is InChI=1S/C22H20FN3O/c1-27-20-6-2-4-16(21(20)23)8-10-18-9-7-15(13-25-18)12-17-14-26-22-19(17)5-3-11-24-22/h2-7,9,11,13-14H,8,10,12H2,1H3,(H,24,26). The van der Waals surface area contributed by atoms with Gasteiger partial charge in [-0.25, -0.2) is 9.37 Å². The van der Waals surface area contributed by atoms with Crippen LogP contribution < -0.4 is 4.74 Å². The predicted molar refractivity (Wildman–Crippen MR) is 103 cm³/mol. The minimum Gasteiger partial charge on any atom is -0.494 e. The zero-order valence-electron chi connectivity index (χ0n) is 15.1. The molecule has 4 nitrogen and oxygen atoms in total. The summed E-state index contributed by atoms with van der Waals surface area (Å²) in [6, 6.07) is 13.3. The van der Waals surface area contributed by atoms with Gasteiger partial charge in [-0.1, -0.05) is 18.2 Å². The normalized spacial score (nSPS) is 11.0. The van der Waals surface area contributed by atoms with E-state index in [2.05, 4.69) is 27.1 Å². The van der Waals surface area contributed by atoms with Gasteiger partial charge in [0.05, 0.1) is 7.11 Å². The van der Waals surface area contributed by atoms with Crippen molar-refractivity contribution in [1.29, 1.82) is 0 Å². The average Bonchev–Trinajstić information content (AvgIpc) is 3.11. The number of halogens is 1. The first-order valence-corrected chi connectivity index (χ1v) is 8.91. The maximum absolute atomic E-state index is 14.2. The molecule has 4 aromatic rings. The first kappa shape index (κ1) is 17.2. The number of aromatic amines is 1. The molecule has 0 amide bonds. The summed E-state index contributed by atoms with van der Waals surface area (Å²) in [4.78, 5) is 12.1. The summed E-state index contributed by atoms with van der Waals surface area (Å²) in [5, 5.41) is 1.13. The van der Waals surface area contributed by atoms with Gasteiger partial charge in [-0.3, -0.25) is 4.98 Å². The van der Waals surface area contributed by atoms with Crippen LogP contribution in [-0.4, -0.2) is 22.1 Å². The number of aromatic nitrogens is 3. The molecule has 136 valence electrons. The number of ether oxygens (including phenoxy) is 1. The quantitative estimate of drug-likeness (QED) is 0.551. The Morgan fingerprint density at radius 1 is 1.00 bits per heavy atom. The number of hydrogen-bond donors (Lipinski definition) is 1. The van der Waals surface area contributed by atoms with Crippen molar-refractivity contribution in [1.82, 2.24) is 15.0 Å². The highest BCUT2D eigenvalue weighted by molar-refractivity contribution is 5.79. The lowest BCUT2D eigenvalue weighted by atomic mass is 10.0. The number of aryl methyl sites for hydroxylation is 2. The van der Waals surface area contributed by atoms with Crippen LogP contribution in [0.25, 0.3) is 11.0 Å². The molecule has 27 heavy (non-hydrogen) atoms. The molecule has 4 rings (SSSR count). The van der Waals surface area contributed by atoms with E-state index in [1.54, 1.807) is 18.3 Å². The molecule has 5 heteroatoms. The van der Waals surface area contributed by atoms with Gasteiger partial charge in [0.1, 0.15) is 5.65 Å². The highest BCUT2D eigenvalue weighted by Crippen LogP contribution is 2.22. The molecule has 0 radical (unpaired) electrons. The molecule has 0 spiro atoms. The summed E-state index contributed by atoms with van der Waals surface area (Å²) < 4.78 is 19.3. The minimum atomic E-state index is -0.287. The minimum absolute atomic E-state index is 0.282. The third kappa shape index (κ3) is 3.67. The van der Waals surface area contributed by atoms with Crippen LogP contribution in [0.15, 0.2) is 61.1 Å². The maximum Gasteiger partial charge on any atom is 0.168 e. The van der Waals surface area contributed by atoms with E-state index in [0.717, 1.165) is 28.7 Å². The Balaban J connectivity index is 1.43. The van der Waals surface area contributed by atoms with Crippen LogP contribution in [-0.2, 0) is 19.3 Å². The fourth-order valence-corrected chi connectivity index (χ4v) is 3.26. The van der Waals surface area contributed by atoms with Crippen LogP contribution in [0.4, 0.5) is 4.39 Å². The van der Waals surface area contributed by atoms with Gasteiger partial charge in [-0.15, -0.1) is 0 Å². The summed E-state index contributed by atoms with van der Waals surface area (Å²) >= 11 is 0. The maximum atomic E-state index is 14.2. The summed E-state index contributed by atoms with van der Waals surface area (Å²) in [7, 11) is 1.48.